The number of amides is 1. The van der Waals surface area contributed by atoms with E-state index in [4.69, 9.17) is 16.3 Å². The number of alkyl halides is 1. The predicted molar refractivity (Wildman–Crippen MR) is 153 cm³/mol. The minimum atomic E-state index is -3.70. The van der Waals surface area contributed by atoms with Crippen LogP contribution in [0.25, 0.3) is 0 Å². The van der Waals surface area contributed by atoms with Gasteiger partial charge < -0.3 is 4.74 Å². The highest BCUT2D eigenvalue weighted by atomic mass is 35.5. The molecule has 0 bridgehead atoms. The van der Waals surface area contributed by atoms with Crippen LogP contribution in [0, 0.1) is 23.0 Å². The Kier molecular flexibility index (Phi) is 12.3. The third kappa shape index (κ3) is 8.51. The molecule has 0 heterocycles. The minimum absolute atomic E-state index is 0.0371. The monoisotopic (exact) mass is 608 g/mol. The van der Waals surface area contributed by atoms with Crippen molar-refractivity contribution in [2.24, 2.45) is 5.92 Å². The molecule has 13 heteroatoms. The summed E-state index contributed by atoms with van der Waals surface area (Å²) in [6.07, 6.45) is 2.24. The van der Waals surface area contributed by atoms with E-state index in [0.29, 0.717) is 13.0 Å². The second-order valence-electron chi connectivity index (χ2n) is 9.31. The second kappa shape index (κ2) is 14.9. The van der Waals surface area contributed by atoms with Gasteiger partial charge in [0, 0.05) is 31.8 Å². The van der Waals surface area contributed by atoms with Crippen LogP contribution < -0.4 is 4.90 Å². The van der Waals surface area contributed by atoms with Gasteiger partial charge >= 0.3 is 0 Å². The standard InChI is InChI=1S/C14H20ClNO2.C14H13NO7S/c1-4-12-8-6-7-11(3)14(12)16(10-18-5-2)13(17)9-15;1-23(21,22)8-5-6-9(10(7-8)15(19)20)14(18)13-11(16)3-2-4-12(13)17/h6-8H,4-5,9-10H2,1-3H3;5-7,13H,2-4H2,1H3. The number of hydrogen-bond acceptors (Lipinski definition) is 9. The maximum absolute atomic E-state index is 12.4. The number of benzene rings is 2. The average Bonchev–Trinajstić information content (AvgIpc) is 2.92. The maximum Gasteiger partial charge on any atom is 0.281 e. The van der Waals surface area contributed by atoms with E-state index in [-0.39, 0.29) is 36.3 Å². The summed E-state index contributed by atoms with van der Waals surface area (Å²) in [6.45, 7) is 6.79. The summed E-state index contributed by atoms with van der Waals surface area (Å²) >= 11 is 5.68. The largest absolute Gasteiger partial charge is 0.361 e. The normalized spacial score (nSPS) is 13.8. The zero-order valence-electron chi connectivity index (χ0n) is 23.3. The molecule has 0 atom stereocenters. The van der Waals surface area contributed by atoms with E-state index in [1.54, 1.807) is 4.90 Å². The first-order chi connectivity index (χ1) is 19.3. The molecule has 11 nitrogen and oxygen atoms in total. The van der Waals surface area contributed by atoms with E-state index in [1.807, 2.05) is 32.0 Å². The predicted octanol–water partition coefficient (Wildman–Crippen LogP) is 4.24. The lowest BCUT2D eigenvalue weighted by atomic mass is 9.81. The lowest BCUT2D eigenvalue weighted by molar-refractivity contribution is -0.385. The van der Waals surface area contributed by atoms with Crippen molar-refractivity contribution in [1.82, 2.24) is 0 Å². The third-order valence-corrected chi connectivity index (χ3v) is 7.76. The molecule has 0 aromatic heterocycles. The first-order valence-corrected chi connectivity index (χ1v) is 15.3. The molecule has 1 aliphatic carbocycles. The number of sulfone groups is 1. The van der Waals surface area contributed by atoms with E-state index in [9.17, 15) is 37.7 Å². The number of carbonyl (C=O) groups is 4. The minimum Gasteiger partial charge on any atom is -0.361 e. The van der Waals surface area contributed by atoms with Gasteiger partial charge in [0.25, 0.3) is 5.69 Å². The molecule has 0 aliphatic heterocycles. The van der Waals surface area contributed by atoms with Crippen molar-refractivity contribution in [2.75, 3.05) is 30.4 Å². The average molecular weight is 609 g/mol. The summed E-state index contributed by atoms with van der Waals surface area (Å²) < 4.78 is 28.3. The molecule has 0 N–H and O–H groups in total. The Morgan fingerprint density at radius 1 is 1.12 bits per heavy atom. The van der Waals surface area contributed by atoms with Crippen molar-refractivity contribution in [3.05, 3.63) is 63.2 Å². The number of carbonyl (C=O) groups excluding carboxylic acids is 4. The maximum atomic E-state index is 12.4. The number of Topliss-reactive ketones (excluding diaryl/α,β-unsaturated/α-hetero) is 3. The fourth-order valence-electron chi connectivity index (χ4n) is 4.36. The zero-order valence-corrected chi connectivity index (χ0v) is 24.9. The van der Waals surface area contributed by atoms with Crippen LogP contribution in [-0.4, -0.2) is 62.1 Å². The number of aryl methyl sites for hydroxylation is 2. The highest BCUT2D eigenvalue weighted by molar-refractivity contribution is 7.90. The number of hydrogen-bond donors (Lipinski definition) is 0. The topological polar surface area (TPSA) is 158 Å². The molecule has 0 unspecified atom stereocenters. The van der Waals surface area contributed by atoms with Gasteiger partial charge in [-0.25, -0.2) is 8.42 Å². The molecule has 2 aromatic carbocycles. The summed E-state index contributed by atoms with van der Waals surface area (Å²) in [7, 11) is -3.70. The van der Waals surface area contributed by atoms with Crippen LogP contribution in [-0.2, 0) is 35.4 Å². The number of ether oxygens (including phenoxy) is 1. The van der Waals surface area contributed by atoms with Gasteiger partial charge in [0.2, 0.25) is 5.91 Å². The molecule has 1 aliphatic rings. The number of nitro groups is 1. The number of rotatable bonds is 10. The summed E-state index contributed by atoms with van der Waals surface area (Å²) in [6, 6.07) is 8.82. The Bertz CT molecular complexity index is 1420. The Labute approximate surface area is 243 Å². The lowest BCUT2D eigenvalue weighted by Gasteiger charge is -2.25. The quantitative estimate of drug-likeness (QED) is 0.0960. The van der Waals surface area contributed by atoms with Crippen LogP contribution in [0.15, 0.2) is 41.3 Å². The van der Waals surface area contributed by atoms with E-state index >= 15 is 0 Å². The van der Waals surface area contributed by atoms with Crippen molar-refractivity contribution in [3.63, 3.8) is 0 Å². The van der Waals surface area contributed by atoms with Crippen LogP contribution in [0.4, 0.5) is 11.4 Å². The second-order valence-corrected chi connectivity index (χ2v) is 11.6. The zero-order chi connectivity index (χ0) is 30.9. The molecule has 1 fully saturated rings. The van der Waals surface area contributed by atoms with Crippen molar-refractivity contribution in [3.8, 4) is 0 Å². The summed E-state index contributed by atoms with van der Waals surface area (Å²) in [4.78, 5) is 59.6. The molecule has 1 saturated carbocycles. The molecular weight excluding hydrogens is 576 g/mol. The van der Waals surface area contributed by atoms with Crippen LogP contribution in [0.5, 0.6) is 0 Å². The summed E-state index contributed by atoms with van der Waals surface area (Å²) in [5.41, 5.74) is 1.96. The Balaban J connectivity index is 0.000000296. The number of halogens is 1. The van der Waals surface area contributed by atoms with Crippen molar-refractivity contribution in [2.45, 2.75) is 51.3 Å². The number of ketones is 3. The van der Waals surface area contributed by atoms with E-state index in [2.05, 4.69) is 6.92 Å². The van der Waals surface area contributed by atoms with Crippen molar-refractivity contribution in [1.29, 1.82) is 0 Å². The highest BCUT2D eigenvalue weighted by Crippen LogP contribution is 2.29. The summed E-state index contributed by atoms with van der Waals surface area (Å²) in [5.74, 6) is -3.78. The van der Waals surface area contributed by atoms with Crippen LogP contribution in [0.1, 0.15) is 54.6 Å². The molecule has 0 spiro atoms. The van der Waals surface area contributed by atoms with Crippen molar-refractivity contribution < 1.29 is 37.3 Å². The van der Waals surface area contributed by atoms with Crippen LogP contribution >= 0.6 is 11.6 Å². The van der Waals surface area contributed by atoms with Crippen LogP contribution in [0.2, 0.25) is 0 Å². The van der Waals surface area contributed by atoms with Gasteiger partial charge in [-0.05, 0) is 49.9 Å². The number of para-hydroxylation sites is 1. The fraction of sp³-hybridized carbons (Fsp3) is 0.429. The van der Waals surface area contributed by atoms with Gasteiger partial charge in [0.05, 0.1) is 21.1 Å². The third-order valence-electron chi connectivity index (χ3n) is 6.42. The molecule has 0 saturated heterocycles. The van der Waals surface area contributed by atoms with Crippen LogP contribution in [0.3, 0.4) is 0 Å². The molecule has 2 aromatic rings. The van der Waals surface area contributed by atoms with Gasteiger partial charge in [-0.3, -0.25) is 34.2 Å². The molecule has 222 valence electrons. The van der Waals surface area contributed by atoms with E-state index in [1.165, 1.54) is 0 Å². The molecule has 0 radical (unpaired) electrons. The van der Waals surface area contributed by atoms with Gasteiger partial charge in [0.1, 0.15) is 18.5 Å². The molecular formula is C28H33ClN2O9S. The number of anilines is 1. The molecule has 41 heavy (non-hydrogen) atoms. The SMILES string of the molecule is CCOCN(C(=O)CCl)c1c(C)cccc1CC.CS(=O)(=O)c1ccc(C(=O)C2C(=O)CCCC2=O)c([N+](=O)[O-])c1. The summed E-state index contributed by atoms with van der Waals surface area (Å²) in [5, 5.41) is 11.1. The fourth-order valence-corrected chi connectivity index (χ4v) is 5.15. The Morgan fingerprint density at radius 3 is 2.27 bits per heavy atom. The molecule has 3 rings (SSSR count). The first kappa shape index (κ1) is 33.7. The smallest absolute Gasteiger partial charge is 0.281 e. The molecule has 1 amide bonds. The lowest BCUT2D eigenvalue weighted by Crippen LogP contribution is -2.35. The number of nitro benzene ring substituents is 1. The van der Waals surface area contributed by atoms with E-state index in [0.717, 1.165) is 47.7 Å². The van der Waals surface area contributed by atoms with E-state index < -0.39 is 49.3 Å². The number of nitrogens with zero attached hydrogens (tertiary/aromatic N) is 2. The highest BCUT2D eigenvalue weighted by Gasteiger charge is 2.39. The first-order valence-electron chi connectivity index (χ1n) is 12.9. The van der Waals surface area contributed by atoms with Gasteiger partial charge in [-0.15, -0.1) is 11.6 Å². The Morgan fingerprint density at radius 2 is 1.76 bits per heavy atom. The van der Waals surface area contributed by atoms with Gasteiger partial charge in [-0.2, -0.15) is 0 Å². The van der Waals surface area contributed by atoms with Gasteiger partial charge in [-0.1, -0.05) is 25.1 Å². The van der Waals surface area contributed by atoms with Gasteiger partial charge in [0.15, 0.2) is 27.2 Å². The van der Waals surface area contributed by atoms with Crippen molar-refractivity contribution >= 4 is 56.1 Å². The Hall–Kier alpha value is -3.48.